The van der Waals surface area contributed by atoms with Gasteiger partial charge < -0.3 is 5.32 Å². The van der Waals surface area contributed by atoms with Crippen LogP contribution in [-0.4, -0.2) is 37.9 Å². The minimum Gasteiger partial charge on any atom is -0.316 e. The maximum atomic E-state index is 13.7. The molecule has 116 valence electrons. The smallest absolute Gasteiger partial charge is 0.243 e. The van der Waals surface area contributed by atoms with Crippen molar-refractivity contribution in [3.05, 3.63) is 29.6 Å². The molecule has 0 saturated carbocycles. The lowest BCUT2D eigenvalue weighted by Gasteiger charge is -2.34. The minimum atomic E-state index is -3.66. The maximum absolute atomic E-state index is 13.7. The molecule has 21 heavy (non-hydrogen) atoms. The molecule has 0 aromatic heterocycles. The molecule has 2 fully saturated rings. The van der Waals surface area contributed by atoms with E-state index >= 15 is 0 Å². The van der Waals surface area contributed by atoms with Crippen LogP contribution >= 0.6 is 0 Å². The van der Waals surface area contributed by atoms with Crippen molar-refractivity contribution in [2.75, 3.05) is 19.6 Å². The molecule has 4 nitrogen and oxygen atoms in total. The van der Waals surface area contributed by atoms with Gasteiger partial charge in [-0.2, -0.15) is 4.31 Å². The van der Waals surface area contributed by atoms with Crippen LogP contribution in [0.1, 0.15) is 19.4 Å². The maximum Gasteiger partial charge on any atom is 0.243 e. The highest BCUT2D eigenvalue weighted by Crippen LogP contribution is 2.43. The average molecular weight is 312 g/mol. The lowest BCUT2D eigenvalue weighted by atomic mass is 9.85. The molecule has 6 heteroatoms. The lowest BCUT2D eigenvalue weighted by molar-refractivity contribution is 0.233. The summed E-state index contributed by atoms with van der Waals surface area (Å²) >= 11 is 0. The molecule has 2 atom stereocenters. The standard InChI is InChI=1S/C15H21FN2O2S/c1-10-4-5-12(6-14(10)16)21(19,20)18-9-11-7-17-8-13(11)15(18,2)3/h4-6,11,13,17H,7-9H2,1-3H3. The molecule has 1 N–H and O–H groups in total. The van der Waals surface area contributed by atoms with Gasteiger partial charge in [-0.05, 0) is 56.8 Å². The van der Waals surface area contributed by atoms with Crippen LogP contribution < -0.4 is 5.32 Å². The molecular formula is C15H21FN2O2S. The molecule has 2 aliphatic heterocycles. The summed E-state index contributed by atoms with van der Waals surface area (Å²) < 4.78 is 41.0. The van der Waals surface area contributed by atoms with Gasteiger partial charge in [0.2, 0.25) is 10.0 Å². The predicted octanol–water partition coefficient (Wildman–Crippen LogP) is 1.75. The molecule has 2 aliphatic rings. The second kappa shape index (κ2) is 4.76. The summed E-state index contributed by atoms with van der Waals surface area (Å²) in [7, 11) is -3.66. The number of hydrogen-bond donors (Lipinski definition) is 1. The summed E-state index contributed by atoms with van der Waals surface area (Å²) in [4.78, 5) is 0.0478. The zero-order valence-electron chi connectivity index (χ0n) is 12.6. The fourth-order valence-corrected chi connectivity index (χ4v) is 5.54. The number of sulfonamides is 1. The first kappa shape index (κ1) is 14.9. The van der Waals surface area contributed by atoms with Crippen LogP contribution in [-0.2, 0) is 10.0 Å². The van der Waals surface area contributed by atoms with E-state index in [-0.39, 0.29) is 4.90 Å². The molecule has 0 radical (unpaired) electrons. The van der Waals surface area contributed by atoms with Crippen LogP contribution in [0.2, 0.25) is 0 Å². The van der Waals surface area contributed by atoms with Crippen LogP contribution in [0.15, 0.2) is 23.1 Å². The summed E-state index contributed by atoms with van der Waals surface area (Å²) in [5, 5.41) is 3.33. The normalized spacial score (nSPS) is 28.8. The second-order valence-electron chi connectivity index (χ2n) is 6.63. The van der Waals surface area contributed by atoms with Gasteiger partial charge in [0.15, 0.2) is 0 Å². The highest BCUT2D eigenvalue weighted by molar-refractivity contribution is 7.89. The van der Waals surface area contributed by atoms with Crippen molar-refractivity contribution in [3.8, 4) is 0 Å². The Labute approximate surface area is 125 Å². The molecule has 2 unspecified atom stereocenters. The molecule has 0 spiro atoms. The van der Waals surface area contributed by atoms with Crippen molar-refractivity contribution in [1.29, 1.82) is 0 Å². The Bertz CT molecular complexity index is 672. The van der Waals surface area contributed by atoms with Crippen LogP contribution in [0.25, 0.3) is 0 Å². The molecule has 2 heterocycles. The Kier molecular flexibility index (Phi) is 3.39. The van der Waals surface area contributed by atoms with Gasteiger partial charge in [-0.15, -0.1) is 0 Å². The van der Waals surface area contributed by atoms with Crippen molar-refractivity contribution in [2.45, 2.75) is 31.2 Å². The number of aryl methyl sites for hydroxylation is 1. The van der Waals surface area contributed by atoms with Crippen molar-refractivity contribution >= 4 is 10.0 Å². The number of rotatable bonds is 2. The molecule has 1 aromatic rings. The quantitative estimate of drug-likeness (QED) is 0.905. The summed E-state index contributed by atoms with van der Waals surface area (Å²) in [6.07, 6.45) is 0. The largest absolute Gasteiger partial charge is 0.316 e. The van der Waals surface area contributed by atoms with Gasteiger partial charge in [-0.1, -0.05) is 6.07 Å². The predicted molar refractivity (Wildman–Crippen MR) is 79.0 cm³/mol. The number of nitrogens with one attached hydrogen (secondary N) is 1. The van der Waals surface area contributed by atoms with Crippen LogP contribution in [0, 0.1) is 24.6 Å². The van der Waals surface area contributed by atoms with Crippen molar-refractivity contribution < 1.29 is 12.8 Å². The van der Waals surface area contributed by atoms with Gasteiger partial charge in [0.1, 0.15) is 5.82 Å². The third-order valence-electron chi connectivity index (χ3n) is 5.02. The van der Waals surface area contributed by atoms with Crippen molar-refractivity contribution in [1.82, 2.24) is 9.62 Å². The molecule has 0 amide bonds. The van der Waals surface area contributed by atoms with Gasteiger partial charge in [0.25, 0.3) is 0 Å². The number of nitrogens with zero attached hydrogens (tertiary/aromatic N) is 1. The molecule has 0 aliphatic carbocycles. The summed E-state index contributed by atoms with van der Waals surface area (Å²) in [5.74, 6) is 0.169. The van der Waals surface area contributed by atoms with E-state index < -0.39 is 21.4 Å². The summed E-state index contributed by atoms with van der Waals surface area (Å²) in [5.41, 5.74) is 0.00432. The topological polar surface area (TPSA) is 49.4 Å². The molecule has 3 rings (SSSR count). The van der Waals surface area contributed by atoms with Crippen molar-refractivity contribution in [2.24, 2.45) is 11.8 Å². The average Bonchev–Trinajstić information content (AvgIpc) is 2.95. The molecular weight excluding hydrogens is 291 g/mol. The number of hydrogen-bond acceptors (Lipinski definition) is 3. The fourth-order valence-electron chi connectivity index (χ4n) is 3.65. The third-order valence-corrected chi connectivity index (χ3v) is 7.07. The highest BCUT2D eigenvalue weighted by Gasteiger charge is 2.54. The Morgan fingerprint density at radius 3 is 2.67 bits per heavy atom. The van der Waals surface area contributed by atoms with E-state index in [4.69, 9.17) is 0 Å². The zero-order chi connectivity index (χ0) is 15.4. The molecule has 0 bridgehead atoms. The minimum absolute atomic E-state index is 0.0478. The second-order valence-corrected chi connectivity index (χ2v) is 8.49. The molecule has 1 aromatic carbocycles. The van der Waals surface area contributed by atoms with E-state index in [9.17, 15) is 12.8 Å². The molecule has 2 saturated heterocycles. The monoisotopic (exact) mass is 312 g/mol. The van der Waals surface area contributed by atoms with Crippen molar-refractivity contribution in [3.63, 3.8) is 0 Å². The SMILES string of the molecule is Cc1ccc(S(=O)(=O)N2CC3CNCC3C2(C)C)cc1F. The summed E-state index contributed by atoms with van der Waals surface area (Å²) in [6, 6.07) is 4.15. The van der Waals surface area contributed by atoms with E-state index in [0.29, 0.717) is 23.9 Å². The van der Waals surface area contributed by atoms with E-state index in [1.807, 2.05) is 13.8 Å². The first-order valence-corrected chi connectivity index (χ1v) is 8.68. The van der Waals surface area contributed by atoms with Crippen LogP contribution in [0.3, 0.4) is 0 Å². The highest BCUT2D eigenvalue weighted by atomic mass is 32.2. The fraction of sp³-hybridized carbons (Fsp3) is 0.600. The van der Waals surface area contributed by atoms with Gasteiger partial charge in [0.05, 0.1) is 4.90 Å². The van der Waals surface area contributed by atoms with Crippen LogP contribution in [0.4, 0.5) is 4.39 Å². The lowest BCUT2D eigenvalue weighted by Crippen LogP contribution is -2.47. The Balaban J connectivity index is 2.00. The van der Waals surface area contributed by atoms with Crippen LogP contribution in [0.5, 0.6) is 0 Å². The number of fused-ring (bicyclic) bond motifs is 1. The first-order valence-electron chi connectivity index (χ1n) is 7.24. The van der Waals surface area contributed by atoms with Gasteiger partial charge >= 0.3 is 0 Å². The zero-order valence-corrected chi connectivity index (χ0v) is 13.4. The van der Waals surface area contributed by atoms with Gasteiger partial charge in [-0.25, -0.2) is 12.8 Å². The van der Waals surface area contributed by atoms with E-state index in [1.165, 1.54) is 12.1 Å². The van der Waals surface area contributed by atoms with E-state index in [1.54, 1.807) is 11.2 Å². The van der Waals surface area contributed by atoms with E-state index in [0.717, 1.165) is 19.2 Å². The Morgan fingerprint density at radius 2 is 2.05 bits per heavy atom. The van der Waals surface area contributed by atoms with E-state index in [2.05, 4.69) is 5.32 Å². The third kappa shape index (κ3) is 2.20. The Morgan fingerprint density at radius 1 is 1.33 bits per heavy atom. The van der Waals surface area contributed by atoms with Gasteiger partial charge in [-0.3, -0.25) is 0 Å². The Hall–Kier alpha value is -0.980. The number of halogens is 1. The summed E-state index contributed by atoms with van der Waals surface area (Å²) in [6.45, 7) is 7.75. The number of benzene rings is 1. The first-order chi connectivity index (χ1) is 9.74. The van der Waals surface area contributed by atoms with Gasteiger partial charge in [0, 0.05) is 18.6 Å².